The number of anilines is 1. The second kappa shape index (κ2) is 11.9. The summed E-state index contributed by atoms with van der Waals surface area (Å²) >= 11 is 2.45. The van der Waals surface area contributed by atoms with E-state index in [0.29, 0.717) is 39.5 Å². The number of amidine groups is 1. The van der Waals surface area contributed by atoms with Crippen LogP contribution in [0.3, 0.4) is 0 Å². The average Bonchev–Trinajstić information content (AvgIpc) is 3.20. The number of rotatable bonds is 9. The molecule has 0 saturated carbocycles. The van der Waals surface area contributed by atoms with E-state index in [-0.39, 0.29) is 23.2 Å². The van der Waals surface area contributed by atoms with E-state index in [0.717, 1.165) is 6.26 Å². The maximum Gasteiger partial charge on any atom is 0.236 e. The van der Waals surface area contributed by atoms with E-state index in [1.54, 1.807) is 19.1 Å². The first-order chi connectivity index (χ1) is 14.7. The largest absolute Gasteiger partial charge is 0.394 e. The lowest BCUT2D eigenvalue weighted by Gasteiger charge is -2.05. The van der Waals surface area contributed by atoms with Gasteiger partial charge in [0.1, 0.15) is 10.8 Å². The zero-order valence-corrected chi connectivity index (χ0v) is 19.8. The molecule has 2 rings (SSSR count). The van der Waals surface area contributed by atoms with Gasteiger partial charge in [-0.3, -0.25) is 20.5 Å². The Kier molecular flexibility index (Phi) is 9.55. The first-order valence-corrected chi connectivity index (χ1v) is 12.9. The van der Waals surface area contributed by atoms with Crippen molar-refractivity contribution in [3.8, 4) is 10.6 Å². The van der Waals surface area contributed by atoms with Gasteiger partial charge >= 0.3 is 0 Å². The van der Waals surface area contributed by atoms with Gasteiger partial charge in [0, 0.05) is 18.2 Å². The molecule has 0 aliphatic carbocycles. The molecule has 0 aliphatic rings. The second-order valence-corrected chi connectivity index (χ2v) is 10.4. The number of carbonyl (C=O) groups is 1. The minimum absolute atomic E-state index is 0.0257. The highest BCUT2D eigenvalue weighted by atomic mass is 32.2. The molecule has 0 bridgehead atoms. The number of aromatic nitrogens is 2. The van der Waals surface area contributed by atoms with Crippen LogP contribution in [-0.2, 0) is 14.6 Å². The maximum absolute atomic E-state index is 12.2. The van der Waals surface area contributed by atoms with Gasteiger partial charge in [-0.2, -0.15) is 5.10 Å². The monoisotopic (exact) mass is 484 g/mol. The highest BCUT2D eigenvalue weighted by molar-refractivity contribution is 8.14. The summed E-state index contributed by atoms with van der Waals surface area (Å²) < 4.78 is 23.1. The number of hydrogen-bond donors (Lipinski definition) is 3. The Labute approximate surface area is 189 Å². The van der Waals surface area contributed by atoms with Crippen LogP contribution in [-0.4, -0.2) is 65.7 Å². The van der Waals surface area contributed by atoms with Gasteiger partial charge in [0.25, 0.3) is 0 Å². The van der Waals surface area contributed by atoms with Crippen molar-refractivity contribution in [2.75, 3.05) is 30.5 Å². The van der Waals surface area contributed by atoms with Crippen LogP contribution in [0.2, 0.25) is 0 Å². The van der Waals surface area contributed by atoms with Crippen molar-refractivity contribution in [2.24, 2.45) is 10.1 Å². The van der Waals surface area contributed by atoms with Crippen molar-refractivity contribution < 1.29 is 18.3 Å². The lowest BCUT2D eigenvalue weighted by atomic mass is 10.2. The van der Waals surface area contributed by atoms with Gasteiger partial charge < -0.3 is 5.11 Å². The van der Waals surface area contributed by atoms with Crippen LogP contribution in [0.5, 0.6) is 0 Å². The van der Waals surface area contributed by atoms with Crippen LogP contribution in [0.15, 0.2) is 39.3 Å². The molecule has 10 nitrogen and oxygen atoms in total. The molecule has 1 heterocycles. The normalized spacial score (nSPS) is 12.6. The number of aliphatic hydroxyl groups excluding tert-OH is 1. The van der Waals surface area contributed by atoms with Crippen molar-refractivity contribution in [3.05, 3.63) is 24.3 Å². The zero-order valence-electron chi connectivity index (χ0n) is 17.3. The Morgan fingerprint density at radius 1 is 1.26 bits per heavy atom. The Morgan fingerprint density at radius 2 is 1.97 bits per heavy atom. The number of amides is 1. The highest BCUT2D eigenvalue weighted by Gasteiger charge is 2.12. The molecule has 3 N–H and O–H groups in total. The molecule has 0 atom stereocenters. The maximum atomic E-state index is 12.2. The number of thioether (sulfide) groups is 1. The van der Waals surface area contributed by atoms with Crippen LogP contribution in [0.4, 0.5) is 5.13 Å². The van der Waals surface area contributed by atoms with Crippen molar-refractivity contribution in [1.82, 2.24) is 15.6 Å². The fraction of sp³-hybridized carbons (Fsp3) is 0.389. The molecular weight excluding hydrogens is 460 g/mol. The van der Waals surface area contributed by atoms with Crippen LogP contribution in [0.25, 0.3) is 10.6 Å². The lowest BCUT2D eigenvalue weighted by molar-refractivity contribution is -0.113. The molecule has 2 aromatic rings. The van der Waals surface area contributed by atoms with E-state index in [9.17, 15) is 13.2 Å². The number of hydrogen-bond acceptors (Lipinski definition) is 10. The highest BCUT2D eigenvalue weighted by Crippen LogP contribution is 2.27. The first-order valence-electron chi connectivity index (χ1n) is 9.24. The number of sulfone groups is 1. The molecule has 0 radical (unpaired) electrons. The molecule has 0 saturated heterocycles. The molecule has 0 unspecified atom stereocenters. The standard InChI is InChI=1S/C18H24N6O4S3/c1-4-15(19-9-10-25)22-21-12(2)29-11-16(26)20-18-24-23-17(30-18)13-5-7-14(8-6-13)31(3,27)28/h5-8,25H,4,9-11H2,1-3H3,(H,19,22)(H,20,24,26)/b21-12+. The van der Waals surface area contributed by atoms with Crippen LogP contribution in [0, 0.1) is 0 Å². The molecule has 31 heavy (non-hydrogen) atoms. The Hall–Kier alpha value is -2.35. The summed E-state index contributed by atoms with van der Waals surface area (Å²) in [5.74, 6) is 0.549. The molecule has 13 heteroatoms. The number of hydrazone groups is 1. The van der Waals surface area contributed by atoms with Crippen LogP contribution in [0.1, 0.15) is 20.3 Å². The number of nitrogens with zero attached hydrogens (tertiary/aromatic N) is 4. The summed E-state index contributed by atoms with van der Waals surface area (Å²) in [6, 6.07) is 6.32. The molecule has 1 aromatic carbocycles. The summed E-state index contributed by atoms with van der Waals surface area (Å²) in [5.41, 5.74) is 3.54. The summed E-state index contributed by atoms with van der Waals surface area (Å²) in [4.78, 5) is 16.5. The van der Waals surface area contributed by atoms with Gasteiger partial charge in [-0.15, -0.1) is 10.2 Å². The minimum atomic E-state index is -3.26. The van der Waals surface area contributed by atoms with Crippen LogP contribution >= 0.6 is 23.1 Å². The Balaban J connectivity index is 1.88. The van der Waals surface area contributed by atoms with Crippen LogP contribution < -0.4 is 10.7 Å². The van der Waals surface area contributed by atoms with E-state index in [4.69, 9.17) is 5.11 Å². The van der Waals surface area contributed by atoms with Gasteiger partial charge in [0.05, 0.1) is 28.8 Å². The average molecular weight is 485 g/mol. The smallest absolute Gasteiger partial charge is 0.236 e. The fourth-order valence-corrected chi connectivity index (χ4v) is 4.07. The number of carbonyl (C=O) groups excluding carboxylic acids is 1. The number of nitrogens with one attached hydrogen (secondary N) is 2. The van der Waals surface area contributed by atoms with Crippen molar-refractivity contribution >= 4 is 54.9 Å². The SMILES string of the molecule is CCC(=NCCO)N/N=C(\C)SCC(=O)Nc1nnc(-c2ccc(S(C)(=O)=O)cc2)s1. The van der Waals surface area contributed by atoms with Crippen molar-refractivity contribution in [3.63, 3.8) is 0 Å². The number of benzene rings is 1. The fourth-order valence-electron chi connectivity index (χ4n) is 2.15. The lowest BCUT2D eigenvalue weighted by Crippen LogP contribution is -2.19. The minimum Gasteiger partial charge on any atom is -0.394 e. The predicted octanol–water partition coefficient (Wildman–Crippen LogP) is 2.00. The topological polar surface area (TPSA) is 146 Å². The Morgan fingerprint density at radius 3 is 2.58 bits per heavy atom. The molecule has 0 spiro atoms. The van der Waals surface area contributed by atoms with Gasteiger partial charge in [-0.1, -0.05) is 42.2 Å². The molecule has 0 fully saturated rings. The number of aliphatic hydroxyl groups is 1. The molecule has 0 aliphatic heterocycles. The van der Waals surface area contributed by atoms with E-state index >= 15 is 0 Å². The summed E-state index contributed by atoms with van der Waals surface area (Å²) in [7, 11) is -3.26. The van der Waals surface area contributed by atoms with Gasteiger partial charge in [0.2, 0.25) is 11.0 Å². The molecule has 1 aromatic heterocycles. The molecule has 1 amide bonds. The van der Waals surface area contributed by atoms with E-state index in [1.807, 2.05) is 6.92 Å². The van der Waals surface area contributed by atoms with Gasteiger partial charge in [0.15, 0.2) is 9.84 Å². The van der Waals surface area contributed by atoms with Gasteiger partial charge in [-0.25, -0.2) is 8.42 Å². The van der Waals surface area contributed by atoms with E-state index in [1.165, 1.54) is 35.2 Å². The summed E-state index contributed by atoms with van der Waals surface area (Å²) in [6.07, 6.45) is 1.80. The van der Waals surface area contributed by atoms with Crippen molar-refractivity contribution in [1.29, 1.82) is 0 Å². The zero-order chi connectivity index (χ0) is 22.9. The third-order valence-electron chi connectivity index (χ3n) is 3.69. The third kappa shape index (κ3) is 8.36. The van der Waals surface area contributed by atoms with Gasteiger partial charge in [-0.05, 0) is 19.1 Å². The van der Waals surface area contributed by atoms with E-state index in [2.05, 4.69) is 31.0 Å². The summed E-state index contributed by atoms with van der Waals surface area (Å²) in [6.45, 7) is 3.98. The third-order valence-corrected chi connectivity index (χ3v) is 6.62. The Bertz CT molecular complexity index is 1050. The second-order valence-electron chi connectivity index (χ2n) is 6.19. The molecule has 168 valence electrons. The number of aliphatic imine (C=N–C) groups is 1. The van der Waals surface area contributed by atoms with Crippen molar-refractivity contribution in [2.45, 2.75) is 25.2 Å². The molecular formula is C18H24N6O4S3. The summed E-state index contributed by atoms with van der Waals surface area (Å²) in [5, 5.41) is 25.2. The predicted molar refractivity (Wildman–Crippen MR) is 125 cm³/mol. The van der Waals surface area contributed by atoms with E-state index < -0.39 is 9.84 Å². The first kappa shape index (κ1) is 24.9. The quantitative estimate of drug-likeness (QED) is 0.278.